The summed E-state index contributed by atoms with van der Waals surface area (Å²) in [6.45, 7) is 7.12. The molecular formula is C21H27N3O5. The molecule has 3 heterocycles. The monoisotopic (exact) mass is 401 g/mol. The van der Waals surface area contributed by atoms with E-state index < -0.39 is 5.60 Å². The van der Waals surface area contributed by atoms with E-state index >= 15 is 0 Å². The Hall–Kier alpha value is -2.45. The molecule has 29 heavy (non-hydrogen) atoms. The molecule has 2 aromatic rings. The van der Waals surface area contributed by atoms with Crippen molar-refractivity contribution in [1.82, 2.24) is 14.9 Å². The maximum atomic E-state index is 11.7. The zero-order valence-corrected chi connectivity index (χ0v) is 16.9. The van der Waals surface area contributed by atoms with E-state index in [-0.39, 0.29) is 18.6 Å². The Labute approximate surface area is 170 Å². The number of cyclic esters (lactones) is 1. The second-order valence-corrected chi connectivity index (χ2v) is 8.11. The molecule has 0 unspecified atom stereocenters. The van der Waals surface area contributed by atoms with E-state index in [0.29, 0.717) is 32.3 Å². The molecule has 0 N–H and O–H groups in total. The summed E-state index contributed by atoms with van der Waals surface area (Å²) in [7, 11) is 0. The number of esters is 1. The number of hydrogen-bond acceptors (Lipinski definition) is 8. The van der Waals surface area contributed by atoms with E-state index in [2.05, 4.69) is 9.97 Å². The first-order valence-corrected chi connectivity index (χ1v) is 10.1. The van der Waals surface area contributed by atoms with Crippen LogP contribution in [0.15, 0.2) is 24.4 Å². The van der Waals surface area contributed by atoms with Gasteiger partial charge >= 0.3 is 12.0 Å². The number of carbonyl (C=O) groups is 1. The van der Waals surface area contributed by atoms with Crippen molar-refractivity contribution in [3.05, 3.63) is 24.4 Å². The molecule has 0 spiro atoms. The van der Waals surface area contributed by atoms with Gasteiger partial charge in [-0.3, -0.25) is 9.69 Å². The van der Waals surface area contributed by atoms with Crippen molar-refractivity contribution in [2.45, 2.75) is 38.4 Å². The number of fused-ring (bicyclic) bond motifs is 1. The fourth-order valence-electron chi connectivity index (χ4n) is 3.68. The van der Waals surface area contributed by atoms with Crippen LogP contribution in [0.1, 0.15) is 26.7 Å². The lowest BCUT2D eigenvalue weighted by Gasteiger charge is -2.36. The summed E-state index contributed by atoms with van der Waals surface area (Å²) in [5.74, 6) is 0.547. The second-order valence-electron chi connectivity index (χ2n) is 8.11. The molecule has 0 radical (unpaired) electrons. The molecule has 0 aliphatic carbocycles. The first-order chi connectivity index (χ1) is 14.0. The molecule has 1 aromatic carbocycles. The van der Waals surface area contributed by atoms with Crippen molar-refractivity contribution >= 4 is 16.9 Å². The van der Waals surface area contributed by atoms with Crippen LogP contribution in [0.2, 0.25) is 0 Å². The van der Waals surface area contributed by atoms with Crippen molar-refractivity contribution in [3.63, 3.8) is 0 Å². The molecule has 0 amide bonds. The van der Waals surface area contributed by atoms with Crippen LogP contribution < -0.4 is 9.47 Å². The highest BCUT2D eigenvalue weighted by Gasteiger charge is 2.32. The van der Waals surface area contributed by atoms with Gasteiger partial charge in [0.2, 0.25) is 0 Å². The lowest BCUT2D eigenvalue weighted by atomic mass is 10.1. The Balaban J connectivity index is 1.33. The van der Waals surface area contributed by atoms with E-state index in [4.69, 9.17) is 18.9 Å². The van der Waals surface area contributed by atoms with Gasteiger partial charge in [0.1, 0.15) is 24.6 Å². The predicted molar refractivity (Wildman–Crippen MR) is 106 cm³/mol. The highest BCUT2D eigenvalue weighted by Crippen LogP contribution is 2.22. The van der Waals surface area contributed by atoms with Gasteiger partial charge < -0.3 is 18.9 Å². The fraction of sp³-hybridized carbons (Fsp3) is 0.571. The number of nitrogens with zero attached hydrogens (tertiary/aromatic N) is 3. The number of rotatable bonds is 7. The summed E-state index contributed by atoms with van der Waals surface area (Å²) < 4.78 is 22.5. The van der Waals surface area contributed by atoms with Crippen LogP contribution in [-0.2, 0) is 14.3 Å². The summed E-state index contributed by atoms with van der Waals surface area (Å²) in [5, 5.41) is 0.919. The zero-order chi connectivity index (χ0) is 20.3. The van der Waals surface area contributed by atoms with Crippen LogP contribution in [0, 0.1) is 0 Å². The molecule has 4 rings (SSSR count). The molecule has 2 aliphatic rings. The van der Waals surface area contributed by atoms with E-state index in [0.717, 1.165) is 36.1 Å². The molecule has 2 fully saturated rings. The number of ether oxygens (including phenoxy) is 4. The Morgan fingerprint density at radius 3 is 3.00 bits per heavy atom. The van der Waals surface area contributed by atoms with E-state index in [1.54, 1.807) is 6.20 Å². The van der Waals surface area contributed by atoms with Crippen LogP contribution >= 0.6 is 0 Å². The number of hydrogen-bond donors (Lipinski definition) is 0. The second kappa shape index (κ2) is 8.51. The Morgan fingerprint density at radius 2 is 2.21 bits per heavy atom. The standard InChI is InChI=1S/C21H27N3O5/c1-21(2)14-24(12-19(25)29-21)7-9-27-20-22-11-15-5-6-16(10-18(15)23-20)28-13-17-4-3-8-26-17/h5-6,10-11,17H,3-4,7-9,12-14H2,1-2H3/t17-/m1/s1. The van der Waals surface area contributed by atoms with Crippen LogP contribution in [0.5, 0.6) is 11.8 Å². The Bertz CT molecular complexity index is 867. The Kier molecular flexibility index (Phi) is 5.82. The number of carbonyl (C=O) groups excluding carboxylic acids is 1. The third-order valence-electron chi connectivity index (χ3n) is 4.98. The molecule has 2 aliphatic heterocycles. The molecule has 8 heteroatoms. The van der Waals surface area contributed by atoms with Gasteiger partial charge in [-0.2, -0.15) is 4.98 Å². The van der Waals surface area contributed by atoms with Gasteiger partial charge in [0.05, 0.1) is 18.2 Å². The topological polar surface area (TPSA) is 83.0 Å². The van der Waals surface area contributed by atoms with Crippen molar-refractivity contribution < 1.29 is 23.7 Å². The molecule has 8 nitrogen and oxygen atoms in total. The van der Waals surface area contributed by atoms with Crippen LogP contribution in [0.25, 0.3) is 10.9 Å². The number of aromatic nitrogens is 2. The maximum absolute atomic E-state index is 11.7. The molecule has 156 valence electrons. The quantitative estimate of drug-likeness (QED) is 0.653. The van der Waals surface area contributed by atoms with Gasteiger partial charge in [0.15, 0.2) is 0 Å². The highest BCUT2D eigenvalue weighted by molar-refractivity contribution is 5.79. The lowest BCUT2D eigenvalue weighted by Crippen LogP contribution is -2.51. The van der Waals surface area contributed by atoms with Gasteiger partial charge in [-0.05, 0) is 38.8 Å². The predicted octanol–water partition coefficient (Wildman–Crippen LogP) is 2.20. The summed E-state index contributed by atoms with van der Waals surface area (Å²) in [4.78, 5) is 22.5. The number of benzene rings is 1. The molecule has 2 saturated heterocycles. The molecule has 0 saturated carbocycles. The van der Waals surface area contributed by atoms with Crippen LogP contribution in [-0.4, -0.2) is 72.0 Å². The third kappa shape index (κ3) is 5.33. The van der Waals surface area contributed by atoms with Crippen molar-refractivity contribution in [1.29, 1.82) is 0 Å². The van der Waals surface area contributed by atoms with Gasteiger partial charge in [-0.25, -0.2) is 4.98 Å². The first kappa shape index (κ1) is 19.8. The highest BCUT2D eigenvalue weighted by atomic mass is 16.6. The number of morpholine rings is 1. The van der Waals surface area contributed by atoms with E-state index in [1.807, 2.05) is 36.9 Å². The van der Waals surface area contributed by atoms with Gasteiger partial charge in [0.25, 0.3) is 0 Å². The molecular weight excluding hydrogens is 374 g/mol. The SMILES string of the molecule is CC1(C)CN(CCOc2ncc3ccc(OC[C@H]4CCCO4)cc3n2)CC(=O)O1. The van der Waals surface area contributed by atoms with Crippen molar-refractivity contribution in [3.8, 4) is 11.8 Å². The average molecular weight is 401 g/mol. The van der Waals surface area contributed by atoms with E-state index in [9.17, 15) is 4.79 Å². The van der Waals surface area contributed by atoms with Crippen molar-refractivity contribution in [2.75, 3.05) is 39.5 Å². The molecule has 1 aromatic heterocycles. The lowest BCUT2D eigenvalue weighted by molar-refractivity contribution is -0.169. The van der Waals surface area contributed by atoms with Gasteiger partial charge in [-0.15, -0.1) is 0 Å². The zero-order valence-electron chi connectivity index (χ0n) is 16.9. The van der Waals surface area contributed by atoms with E-state index in [1.165, 1.54) is 0 Å². The summed E-state index contributed by atoms with van der Waals surface area (Å²) in [5.41, 5.74) is 0.289. The minimum absolute atomic E-state index is 0.173. The minimum atomic E-state index is -0.477. The van der Waals surface area contributed by atoms with Crippen LogP contribution in [0.4, 0.5) is 0 Å². The largest absolute Gasteiger partial charge is 0.491 e. The average Bonchev–Trinajstić information content (AvgIpc) is 3.18. The van der Waals surface area contributed by atoms with Gasteiger partial charge in [-0.1, -0.05) is 0 Å². The fourth-order valence-corrected chi connectivity index (χ4v) is 3.68. The smallest absolute Gasteiger partial charge is 0.320 e. The minimum Gasteiger partial charge on any atom is -0.491 e. The normalized spacial score (nSPS) is 21.9. The molecule has 1 atom stereocenters. The van der Waals surface area contributed by atoms with Gasteiger partial charge in [0, 0.05) is 37.3 Å². The van der Waals surface area contributed by atoms with Crippen LogP contribution in [0.3, 0.4) is 0 Å². The summed E-state index contributed by atoms with van der Waals surface area (Å²) >= 11 is 0. The van der Waals surface area contributed by atoms with Crippen molar-refractivity contribution in [2.24, 2.45) is 0 Å². The first-order valence-electron chi connectivity index (χ1n) is 10.1. The summed E-state index contributed by atoms with van der Waals surface area (Å²) in [6, 6.07) is 6.05. The Morgan fingerprint density at radius 1 is 1.31 bits per heavy atom. The summed E-state index contributed by atoms with van der Waals surface area (Å²) in [6.07, 6.45) is 4.05. The molecule has 0 bridgehead atoms. The third-order valence-corrected chi connectivity index (χ3v) is 4.98. The maximum Gasteiger partial charge on any atom is 0.320 e.